The molecule has 0 aromatic carbocycles. The fourth-order valence-corrected chi connectivity index (χ4v) is 1.98. The smallest absolute Gasteiger partial charge is 0.303 e. The summed E-state index contributed by atoms with van der Waals surface area (Å²) in [6, 6.07) is 0. The number of ether oxygens (including phenoxy) is 1. The van der Waals surface area contributed by atoms with Crippen molar-refractivity contribution in [2.75, 3.05) is 0 Å². The molecule has 3 atom stereocenters. The SMILES string of the molecule is CC(=O)O[C@@H]1CC[C@H]2C[C@H]2C1=O. The summed E-state index contributed by atoms with van der Waals surface area (Å²) in [6.07, 6.45) is 2.39. The molecule has 0 aromatic rings. The Morgan fingerprint density at radius 1 is 1.50 bits per heavy atom. The summed E-state index contributed by atoms with van der Waals surface area (Å²) in [5.74, 6) is 0.654. The van der Waals surface area contributed by atoms with Crippen molar-refractivity contribution in [3.05, 3.63) is 0 Å². The van der Waals surface area contributed by atoms with Crippen molar-refractivity contribution in [2.45, 2.75) is 32.3 Å². The van der Waals surface area contributed by atoms with Gasteiger partial charge in [0.2, 0.25) is 0 Å². The third kappa shape index (κ3) is 1.24. The number of hydrogen-bond donors (Lipinski definition) is 0. The third-order valence-corrected chi connectivity index (χ3v) is 2.71. The molecule has 0 bridgehead atoms. The van der Waals surface area contributed by atoms with Crippen LogP contribution in [0.15, 0.2) is 0 Å². The average molecular weight is 168 g/mol. The molecule has 0 amide bonds. The van der Waals surface area contributed by atoms with Crippen LogP contribution >= 0.6 is 0 Å². The van der Waals surface area contributed by atoms with Gasteiger partial charge in [0, 0.05) is 12.8 Å². The maximum atomic E-state index is 11.4. The Morgan fingerprint density at radius 3 is 2.92 bits per heavy atom. The fourth-order valence-electron chi connectivity index (χ4n) is 1.98. The zero-order valence-electron chi connectivity index (χ0n) is 7.08. The Bertz CT molecular complexity index is 234. The van der Waals surface area contributed by atoms with Crippen LogP contribution in [0.3, 0.4) is 0 Å². The molecule has 12 heavy (non-hydrogen) atoms. The van der Waals surface area contributed by atoms with Crippen LogP contribution in [0.1, 0.15) is 26.2 Å². The summed E-state index contributed by atoms with van der Waals surface area (Å²) in [5, 5.41) is 0. The molecule has 3 nitrogen and oxygen atoms in total. The van der Waals surface area contributed by atoms with Gasteiger partial charge in [-0.2, -0.15) is 0 Å². The average Bonchev–Trinajstić information content (AvgIpc) is 2.73. The number of carbonyl (C=O) groups is 2. The van der Waals surface area contributed by atoms with E-state index in [1.807, 2.05) is 0 Å². The van der Waals surface area contributed by atoms with Crippen LogP contribution in [0, 0.1) is 11.8 Å². The van der Waals surface area contributed by atoms with E-state index in [1.165, 1.54) is 6.92 Å². The second-order valence-electron chi connectivity index (χ2n) is 3.68. The quantitative estimate of drug-likeness (QED) is 0.547. The molecule has 0 aliphatic heterocycles. The third-order valence-electron chi connectivity index (χ3n) is 2.71. The molecule has 2 aliphatic carbocycles. The van der Waals surface area contributed by atoms with Gasteiger partial charge < -0.3 is 4.74 Å². The van der Waals surface area contributed by atoms with Gasteiger partial charge >= 0.3 is 5.97 Å². The van der Waals surface area contributed by atoms with Crippen LogP contribution in [0.25, 0.3) is 0 Å². The number of fused-ring (bicyclic) bond motifs is 1. The van der Waals surface area contributed by atoms with Gasteiger partial charge in [0.15, 0.2) is 11.9 Å². The van der Waals surface area contributed by atoms with E-state index in [4.69, 9.17) is 4.74 Å². The van der Waals surface area contributed by atoms with Crippen molar-refractivity contribution in [1.29, 1.82) is 0 Å². The first-order valence-electron chi connectivity index (χ1n) is 4.39. The molecule has 2 saturated carbocycles. The highest BCUT2D eigenvalue weighted by atomic mass is 16.5. The summed E-state index contributed by atoms with van der Waals surface area (Å²) in [7, 11) is 0. The second kappa shape index (κ2) is 2.57. The van der Waals surface area contributed by atoms with Gasteiger partial charge in [-0.15, -0.1) is 0 Å². The van der Waals surface area contributed by atoms with Gasteiger partial charge in [0.25, 0.3) is 0 Å². The highest BCUT2D eigenvalue weighted by Crippen LogP contribution is 2.47. The van der Waals surface area contributed by atoms with Crippen molar-refractivity contribution in [3.63, 3.8) is 0 Å². The summed E-state index contributed by atoms with van der Waals surface area (Å²) in [4.78, 5) is 22.0. The fraction of sp³-hybridized carbons (Fsp3) is 0.778. The van der Waals surface area contributed by atoms with Gasteiger partial charge in [-0.25, -0.2) is 0 Å². The minimum Gasteiger partial charge on any atom is -0.455 e. The Balaban J connectivity index is 1.97. The lowest BCUT2D eigenvalue weighted by Crippen LogP contribution is -2.31. The highest BCUT2D eigenvalue weighted by Gasteiger charge is 2.49. The molecule has 0 aromatic heterocycles. The summed E-state index contributed by atoms with van der Waals surface area (Å²) < 4.78 is 4.91. The van der Waals surface area contributed by atoms with Gasteiger partial charge in [-0.05, 0) is 25.2 Å². The Kier molecular flexibility index (Phi) is 1.67. The number of hydrogen-bond acceptors (Lipinski definition) is 3. The zero-order valence-corrected chi connectivity index (χ0v) is 7.08. The summed E-state index contributed by atoms with van der Waals surface area (Å²) in [5.41, 5.74) is 0. The summed E-state index contributed by atoms with van der Waals surface area (Å²) in [6.45, 7) is 1.35. The molecule has 2 rings (SSSR count). The number of carbonyl (C=O) groups excluding carboxylic acids is 2. The molecule has 0 N–H and O–H groups in total. The van der Waals surface area contributed by atoms with Crippen molar-refractivity contribution in [3.8, 4) is 0 Å². The lowest BCUT2D eigenvalue weighted by atomic mass is 9.96. The lowest BCUT2D eigenvalue weighted by Gasteiger charge is -2.19. The molecular weight excluding hydrogens is 156 g/mol. The van der Waals surface area contributed by atoms with Crippen LogP contribution in [0.4, 0.5) is 0 Å². The van der Waals surface area contributed by atoms with E-state index in [0.717, 1.165) is 19.3 Å². The van der Waals surface area contributed by atoms with E-state index in [-0.39, 0.29) is 17.7 Å². The summed E-state index contributed by atoms with van der Waals surface area (Å²) >= 11 is 0. The van der Waals surface area contributed by atoms with E-state index in [1.54, 1.807) is 0 Å². The number of ketones is 1. The van der Waals surface area contributed by atoms with Crippen LogP contribution in [-0.2, 0) is 14.3 Å². The highest BCUT2D eigenvalue weighted by molar-refractivity contribution is 5.90. The van der Waals surface area contributed by atoms with Gasteiger partial charge in [-0.1, -0.05) is 0 Å². The topological polar surface area (TPSA) is 43.4 Å². The second-order valence-corrected chi connectivity index (χ2v) is 3.68. The molecular formula is C9H12O3. The van der Waals surface area contributed by atoms with Gasteiger partial charge in [0.05, 0.1) is 0 Å². The molecule has 0 saturated heterocycles. The van der Waals surface area contributed by atoms with E-state index in [2.05, 4.69) is 0 Å². The van der Waals surface area contributed by atoms with Crippen molar-refractivity contribution in [2.24, 2.45) is 11.8 Å². The number of rotatable bonds is 1. The lowest BCUT2D eigenvalue weighted by molar-refractivity contribution is -0.155. The maximum Gasteiger partial charge on any atom is 0.303 e. The monoisotopic (exact) mass is 168 g/mol. The molecule has 2 fully saturated rings. The van der Waals surface area contributed by atoms with Crippen LogP contribution < -0.4 is 0 Å². The van der Waals surface area contributed by atoms with Gasteiger partial charge in [0.1, 0.15) is 0 Å². The molecule has 2 aliphatic rings. The normalized spacial score (nSPS) is 38.8. The first-order chi connectivity index (χ1) is 5.68. The van der Waals surface area contributed by atoms with E-state index < -0.39 is 6.10 Å². The molecule has 0 heterocycles. The van der Waals surface area contributed by atoms with Crippen LogP contribution in [0.2, 0.25) is 0 Å². The molecule has 66 valence electrons. The molecule has 3 heteroatoms. The Hall–Kier alpha value is -0.860. The van der Waals surface area contributed by atoms with E-state index in [0.29, 0.717) is 5.92 Å². The standard InChI is InChI=1S/C9H12O3/c1-5(10)12-8-3-2-6-4-7(6)9(8)11/h6-8H,2-4H2,1H3/t6-,7+,8+/m0/s1. The predicted octanol–water partition coefficient (Wildman–Crippen LogP) is 0.917. The minimum absolute atomic E-state index is 0.154. The zero-order chi connectivity index (χ0) is 8.72. The Morgan fingerprint density at radius 2 is 2.25 bits per heavy atom. The van der Waals surface area contributed by atoms with E-state index in [9.17, 15) is 9.59 Å². The van der Waals surface area contributed by atoms with Crippen LogP contribution in [0.5, 0.6) is 0 Å². The number of esters is 1. The predicted molar refractivity (Wildman–Crippen MR) is 41.4 cm³/mol. The Labute approximate surface area is 71.1 Å². The van der Waals surface area contributed by atoms with Crippen molar-refractivity contribution in [1.82, 2.24) is 0 Å². The van der Waals surface area contributed by atoms with Crippen molar-refractivity contribution >= 4 is 11.8 Å². The van der Waals surface area contributed by atoms with Crippen LogP contribution in [-0.4, -0.2) is 17.9 Å². The largest absolute Gasteiger partial charge is 0.455 e. The molecule has 0 unspecified atom stereocenters. The van der Waals surface area contributed by atoms with Gasteiger partial charge in [-0.3, -0.25) is 9.59 Å². The minimum atomic E-state index is -0.425. The molecule has 0 radical (unpaired) electrons. The van der Waals surface area contributed by atoms with Crippen molar-refractivity contribution < 1.29 is 14.3 Å². The van der Waals surface area contributed by atoms with E-state index >= 15 is 0 Å². The number of Topliss-reactive ketones (excluding diaryl/α,β-unsaturated/α-hetero) is 1. The first-order valence-corrected chi connectivity index (χ1v) is 4.39. The first kappa shape index (κ1) is 7.77. The maximum absolute atomic E-state index is 11.4. The molecule has 0 spiro atoms.